The van der Waals surface area contributed by atoms with Gasteiger partial charge in [-0.15, -0.1) is 23.1 Å². The lowest BCUT2D eigenvalue weighted by Gasteiger charge is -2.16. The number of thioether (sulfide) groups is 1. The van der Waals surface area contributed by atoms with E-state index in [1.54, 1.807) is 36.7 Å². The molecule has 6 nitrogen and oxygen atoms in total. The van der Waals surface area contributed by atoms with E-state index in [0.29, 0.717) is 18.0 Å². The number of nitrogens with zero attached hydrogens (tertiary/aromatic N) is 3. The molecule has 0 radical (unpaired) electrons. The quantitative estimate of drug-likeness (QED) is 0.745. The Morgan fingerprint density at radius 1 is 1.38 bits per heavy atom. The van der Waals surface area contributed by atoms with Gasteiger partial charge in [0.15, 0.2) is 5.78 Å². The van der Waals surface area contributed by atoms with Crippen LogP contribution in [0.5, 0.6) is 5.75 Å². The standard InChI is InChI=1S/C18H21N3O3S2/c1-4-5-8-21(3)18(23)24-12-6-7-13-15(9-12)26-17(19-13)16-20-14(10-25-16)11(2)22/h6-7,9,14H,4-5,8,10H2,1-3H3. The van der Waals surface area contributed by atoms with Gasteiger partial charge in [0.1, 0.15) is 21.8 Å². The van der Waals surface area contributed by atoms with E-state index in [1.807, 2.05) is 12.1 Å². The maximum atomic E-state index is 12.1. The first-order valence-corrected chi connectivity index (χ1v) is 10.3. The summed E-state index contributed by atoms with van der Waals surface area (Å²) in [5.74, 6) is 1.26. The predicted octanol–water partition coefficient (Wildman–Crippen LogP) is 3.98. The number of ether oxygens (including phenoxy) is 1. The summed E-state index contributed by atoms with van der Waals surface area (Å²) in [6.45, 7) is 4.32. The number of benzene rings is 1. The van der Waals surface area contributed by atoms with E-state index in [1.165, 1.54) is 11.3 Å². The second-order valence-electron chi connectivity index (χ2n) is 6.16. The summed E-state index contributed by atoms with van der Waals surface area (Å²) in [4.78, 5) is 34.2. The van der Waals surface area contributed by atoms with Crippen molar-refractivity contribution in [2.75, 3.05) is 19.3 Å². The summed E-state index contributed by atoms with van der Waals surface area (Å²) in [6, 6.07) is 5.15. The Morgan fingerprint density at radius 2 is 2.19 bits per heavy atom. The Kier molecular flexibility index (Phi) is 5.93. The Labute approximate surface area is 160 Å². The molecule has 0 saturated heterocycles. The molecule has 0 spiro atoms. The minimum absolute atomic E-state index is 0.0787. The van der Waals surface area contributed by atoms with Crippen molar-refractivity contribution in [3.05, 3.63) is 23.2 Å². The van der Waals surface area contributed by atoms with Gasteiger partial charge in [-0.2, -0.15) is 0 Å². The van der Waals surface area contributed by atoms with E-state index in [-0.39, 0.29) is 17.9 Å². The Morgan fingerprint density at radius 3 is 2.88 bits per heavy atom. The normalized spacial score (nSPS) is 16.6. The summed E-state index contributed by atoms with van der Waals surface area (Å²) in [7, 11) is 1.74. The first-order valence-electron chi connectivity index (χ1n) is 8.53. The van der Waals surface area contributed by atoms with Crippen molar-refractivity contribution in [3.8, 4) is 5.75 Å². The minimum Gasteiger partial charge on any atom is -0.410 e. The zero-order valence-electron chi connectivity index (χ0n) is 15.0. The second kappa shape index (κ2) is 8.18. The van der Waals surface area contributed by atoms with Gasteiger partial charge in [0.25, 0.3) is 0 Å². The third kappa shape index (κ3) is 4.24. The van der Waals surface area contributed by atoms with Crippen LogP contribution in [0.1, 0.15) is 31.7 Å². The number of aromatic nitrogens is 1. The molecule has 1 unspecified atom stereocenters. The largest absolute Gasteiger partial charge is 0.414 e. The molecule has 1 aromatic carbocycles. The number of Topliss-reactive ketones (excluding diaryl/α,β-unsaturated/α-hetero) is 1. The number of hydrogen-bond acceptors (Lipinski definition) is 7. The van der Waals surface area contributed by atoms with E-state index in [4.69, 9.17) is 4.74 Å². The van der Waals surface area contributed by atoms with Crippen LogP contribution in [-0.2, 0) is 4.79 Å². The number of aliphatic imine (C=N–C) groups is 1. The molecule has 0 saturated carbocycles. The lowest BCUT2D eigenvalue weighted by molar-refractivity contribution is -0.117. The molecule has 1 aromatic heterocycles. The van der Waals surface area contributed by atoms with Crippen molar-refractivity contribution in [1.82, 2.24) is 9.88 Å². The van der Waals surface area contributed by atoms with E-state index < -0.39 is 0 Å². The van der Waals surface area contributed by atoms with Crippen LogP contribution < -0.4 is 4.74 Å². The Balaban J connectivity index is 1.75. The highest BCUT2D eigenvalue weighted by molar-refractivity contribution is 8.15. The fourth-order valence-corrected chi connectivity index (χ4v) is 4.61. The molecule has 1 aliphatic rings. The van der Waals surface area contributed by atoms with Gasteiger partial charge in [-0.05, 0) is 25.5 Å². The number of amides is 1. The molecule has 1 amide bonds. The molecule has 0 bridgehead atoms. The van der Waals surface area contributed by atoms with Gasteiger partial charge in [0, 0.05) is 25.4 Å². The second-order valence-corrected chi connectivity index (χ2v) is 8.20. The molecule has 0 aliphatic carbocycles. The molecule has 8 heteroatoms. The van der Waals surface area contributed by atoms with Crippen molar-refractivity contribution in [1.29, 1.82) is 0 Å². The smallest absolute Gasteiger partial charge is 0.410 e. The number of fused-ring (bicyclic) bond motifs is 1. The molecular weight excluding hydrogens is 370 g/mol. The summed E-state index contributed by atoms with van der Waals surface area (Å²) in [6.07, 6.45) is 1.62. The van der Waals surface area contributed by atoms with Crippen molar-refractivity contribution >= 4 is 50.2 Å². The van der Waals surface area contributed by atoms with Crippen molar-refractivity contribution in [2.24, 2.45) is 4.99 Å². The van der Waals surface area contributed by atoms with Crippen molar-refractivity contribution in [2.45, 2.75) is 32.7 Å². The van der Waals surface area contributed by atoms with Crippen molar-refractivity contribution < 1.29 is 14.3 Å². The zero-order valence-corrected chi connectivity index (χ0v) is 16.7. The molecule has 0 fully saturated rings. The van der Waals surface area contributed by atoms with Gasteiger partial charge < -0.3 is 9.64 Å². The highest BCUT2D eigenvalue weighted by Crippen LogP contribution is 2.31. The van der Waals surface area contributed by atoms with Gasteiger partial charge >= 0.3 is 6.09 Å². The molecule has 1 atom stereocenters. The van der Waals surface area contributed by atoms with Crippen LogP contribution in [0.25, 0.3) is 10.2 Å². The zero-order chi connectivity index (χ0) is 18.7. The first-order chi connectivity index (χ1) is 12.5. The van der Waals surface area contributed by atoms with Gasteiger partial charge in [0.2, 0.25) is 0 Å². The first kappa shape index (κ1) is 18.8. The molecule has 138 valence electrons. The monoisotopic (exact) mass is 391 g/mol. The molecule has 2 heterocycles. The number of thiazole rings is 1. The maximum Gasteiger partial charge on any atom is 0.414 e. The number of carbonyl (C=O) groups is 2. The maximum absolute atomic E-state index is 12.1. The average Bonchev–Trinajstić information content (AvgIpc) is 3.25. The van der Waals surface area contributed by atoms with Crippen LogP contribution >= 0.6 is 23.1 Å². The van der Waals surface area contributed by atoms with Crippen LogP contribution in [-0.4, -0.2) is 52.2 Å². The molecule has 3 rings (SSSR count). The Bertz CT molecular complexity index is 862. The summed E-state index contributed by atoms with van der Waals surface area (Å²) < 4.78 is 6.38. The van der Waals surface area contributed by atoms with E-state index >= 15 is 0 Å². The van der Waals surface area contributed by atoms with Gasteiger partial charge in [-0.3, -0.25) is 9.79 Å². The number of carbonyl (C=O) groups excluding carboxylic acids is 2. The third-order valence-electron chi connectivity index (χ3n) is 4.03. The fourth-order valence-electron chi connectivity index (χ4n) is 2.42. The summed E-state index contributed by atoms with van der Waals surface area (Å²) in [5, 5.41) is 1.61. The van der Waals surface area contributed by atoms with Gasteiger partial charge in [0.05, 0.1) is 10.2 Å². The van der Waals surface area contributed by atoms with Crippen LogP contribution in [0.3, 0.4) is 0 Å². The average molecular weight is 392 g/mol. The molecular formula is C18H21N3O3S2. The topological polar surface area (TPSA) is 71.9 Å². The number of hydrogen-bond donors (Lipinski definition) is 0. The molecule has 26 heavy (non-hydrogen) atoms. The highest BCUT2D eigenvalue weighted by atomic mass is 32.2. The van der Waals surface area contributed by atoms with Crippen LogP contribution in [0, 0.1) is 0 Å². The fraction of sp³-hybridized carbons (Fsp3) is 0.444. The van der Waals surface area contributed by atoms with E-state index in [9.17, 15) is 9.59 Å². The molecule has 1 aliphatic heterocycles. The van der Waals surface area contributed by atoms with Crippen molar-refractivity contribution in [3.63, 3.8) is 0 Å². The Hall–Kier alpha value is -1.93. The minimum atomic E-state index is -0.359. The summed E-state index contributed by atoms with van der Waals surface area (Å²) >= 11 is 3.05. The molecule has 0 N–H and O–H groups in total. The third-order valence-corrected chi connectivity index (χ3v) is 6.24. The highest BCUT2D eigenvalue weighted by Gasteiger charge is 2.25. The lowest BCUT2D eigenvalue weighted by Crippen LogP contribution is -2.30. The van der Waals surface area contributed by atoms with Crippen LogP contribution in [0.2, 0.25) is 0 Å². The lowest BCUT2D eigenvalue weighted by atomic mass is 10.2. The summed E-state index contributed by atoms with van der Waals surface area (Å²) in [5.41, 5.74) is 0.832. The van der Waals surface area contributed by atoms with Crippen LogP contribution in [0.4, 0.5) is 4.79 Å². The van der Waals surface area contributed by atoms with E-state index in [2.05, 4.69) is 16.9 Å². The SMILES string of the molecule is CCCCN(C)C(=O)Oc1ccc2nc(C3=NC(C(C)=O)CS3)sc2c1. The van der Waals surface area contributed by atoms with Gasteiger partial charge in [-0.25, -0.2) is 9.78 Å². The molecule has 2 aromatic rings. The predicted molar refractivity (Wildman–Crippen MR) is 107 cm³/mol. The van der Waals surface area contributed by atoms with Crippen LogP contribution in [0.15, 0.2) is 23.2 Å². The number of rotatable bonds is 6. The number of ketones is 1. The van der Waals surface area contributed by atoms with Gasteiger partial charge in [-0.1, -0.05) is 13.3 Å². The number of unbranched alkanes of at least 4 members (excludes halogenated alkanes) is 1. The van der Waals surface area contributed by atoms with E-state index in [0.717, 1.165) is 33.1 Å².